The molecular formula is C10H8FNO2. The predicted molar refractivity (Wildman–Crippen MR) is 47.1 cm³/mol. The van der Waals surface area contributed by atoms with Gasteiger partial charge >= 0.3 is 5.97 Å². The molecule has 0 bridgehead atoms. The van der Waals surface area contributed by atoms with Crippen LogP contribution in [0, 0.1) is 17.1 Å². The van der Waals surface area contributed by atoms with Crippen molar-refractivity contribution in [1.29, 1.82) is 5.26 Å². The molecule has 0 heterocycles. The van der Waals surface area contributed by atoms with Crippen LogP contribution < -0.4 is 0 Å². The van der Waals surface area contributed by atoms with E-state index in [9.17, 15) is 9.18 Å². The van der Waals surface area contributed by atoms with E-state index in [1.807, 2.05) is 6.07 Å². The average molecular weight is 193 g/mol. The molecule has 0 aliphatic rings. The summed E-state index contributed by atoms with van der Waals surface area (Å²) in [6.07, 6.45) is -0.0117. The molecule has 14 heavy (non-hydrogen) atoms. The summed E-state index contributed by atoms with van der Waals surface area (Å²) in [5.74, 6) is -1.42. The molecule has 0 saturated heterocycles. The number of rotatable bonds is 2. The average Bonchev–Trinajstić information content (AvgIpc) is 2.18. The van der Waals surface area contributed by atoms with Crippen molar-refractivity contribution in [2.75, 3.05) is 7.11 Å². The summed E-state index contributed by atoms with van der Waals surface area (Å²) in [5.41, 5.74) is 0.191. The minimum atomic E-state index is -0.756. The first-order valence-electron chi connectivity index (χ1n) is 3.93. The summed E-state index contributed by atoms with van der Waals surface area (Å²) in [5, 5.41) is 8.46. The van der Waals surface area contributed by atoms with E-state index in [4.69, 9.17) is 5.26 Å². The number of hydrogen-bond donors (Lipinski definition) is 0. The van der Waals surface area contributed by atoms with E-state index in [-0.39, 0.29) is 12.0 Å². The van der Waals surface area contributed by atoms with Crippen molar-refractivity contribution < 1.29 is 13.9 Å². The van der Waals surface area contributed by atoms with Crippen LogP contribution in [0.15, 0.2) is 18.2 Å². The van der Waals surface area contributed by atoms with Crippen molar-refractivity contribution in [3.8, 4) is 6.07 Å². The van der Waals surface area contributed by atoms with E-state index in [0.29, 0.717) is 5.56 Å². The molecule has 0 amide bonds. The molecule has 0 unspecified atom stereocenters. The molecule has 0 radical (unpaired) electrons. The second-order valence-electron chi connectivity index (χ2n) is 2.60. The lowest BCUT2D eigenvalue weighted by molar-refractivity contribution is 0.0594. The Labute approximate surface area is 80.7 Å². The molecule has 0 fully saturated rings. The predicted octanol–water partition coefficient (Wildman–Crippen LogP) is 1.68. The number of carbonyl (C=O) groups excluding carboxylic acids is 1. The monoisotopic (exact) mass is 193 g/mol. The van der Waals surface area contributed by atoms with E-state index in [1.54, 1.807) is 0 Å². The Morgan fingerprint density at radius 2 is 2.36 bits per heavy atom. The zero-order valence-electron chi connectivity index (χ0n) is 7.58. The lowest BCUT2D eigenvalue weighted by atomic mass is 10.0. The highest BCUT2D eigenvalue weighted by molar-refractivity contribution is 5.91. The van der Waals surface area contributed by atoms with Crippen LogP contribution >= 0.6 is 0 Å². The second kappa shape index (κ2) is 4.38. The maximum absolute atomic E-state index is 13.2. The van der Waals surface area contributed by atoms with Crippen LogP contribution in [0.3, 0.4) is 0 Å². The Kier molecular flexibility index (Phi) is 3.19. The van der Waals surface area contributed by atoms with Crippen LogP contribution in [0.1, 0.15) is 15.9 Å². The van der Waals surface area contributed by atoms with Crippen LogP contribution in [0.2, 0.25) is 0 Å². The van der Waals surface area contributed by atoms with Crippen molar-refractivity contribution >= 4 is 5.97 Å². The summed E-state index contributed by atoms with van der Waals surface area (Å²) in [6, 6.07) is 6.00. The minimum absolute atomic E-state index is 0.0117. The van der Waals surface area contributed by atoms with Crippen LogP contribution in [0.4, 0.5) is 4.39 Å². The Morgan fingerprint density at radius 1 is 1.64 bits per heavy atom. The lowest BCUT2D eigenvalue weighted by Gasteiger charge is -2.05. The molecule has 4 heteroatoms. The molecule has 0 saturated carbocycles. The van der Waals surface area contributed by atoms with Crippen molar-refractivity contribution in [3.05, 3.63) is 35.1 Å². The molecule has 0 aliphatic carbocycles. The largest absolute Gasteiger partial charge is 0.465 e. The van der Waals surface area contributed by atoms with Gasteiger partial charge in [-0.3, -0.25) is 0 Å². The first-order chi connectivity index (χ1) is 6.70. The highest BCUT2D eigenvalue weighted by Gasteiger charge is 2.16. The molecule has 0 aromatic heterocycles. The maximum Gasteiger partial charge on any atom is 0.341 e. The van der Waals surface area contributed by atoms with Crippen molar-refractivity contribution in [2.45, 2.75) is 6.42 Å². The van der Waals surface area contributed by atoms with Gasteiger partial charge in [-0.25, -0.2) is 9.18 Å². The summed E-state index contributed by atoms with van der Waals surface area (Å²) in [6.45, 7) is 0. The number of nitriles is 1. The van der Waals surface area contributed by atoms with E-state index in [0.717, 1.165) is 6.07 Å². The topological polar surface area (TPSA) is 50.1 Å². The number of nitrogens with zero attached hydrogens (tertiary/aromatic N) is 1. The van der Waals surface area contributed by atoms with Gasteiger partial charge in [0, 0.05) is 0 Å². The summed E-state index contributed by atoms with van der Waals surface area (Å²) >= 11 is 0. The Bertz CT molecular complexity index is 396. The van der Waals surface area contributed by atoms with Gasteiger partial charge in [0.2, 0.25) is 0 Å². The smallest absolute Gasteiger partial charge is 0.341 e. The van der Waals surface area contributed by atoms with Crippen LogP contribution in [-0.2, 0) is 11.2 Å². The third-order valence-electron chi connectivity index (χ3n) is 1.76. The van der Waals surface area contributed by atoms with E-state index >= 15 is 0 Å². The quantitative estimate of drug-likeness (QED) is 0.671. The van der Waals surface area contributed by atoms with Gasteiger partial charge in [-0.05, 0) is 11.6 Å². The first-order valence-corrected chi connectivity index (χ1v) is 3.93. The molecular weight excluding hydrogens is 185 g/mol. The molecule has 0 aliphatic heterocycles. The van der Waals surface area contributed by atoms with E-state index < -0.39 is 11.8 Å². The molecule has 72 valence electrons. The normalized spacial score (nSPS) is 9.21. The van der Waals surface area contributed by atoms with Gasteiger partial charge in [-0.1, -0.05) is 12.1 Å². The number of hydrogen-bond acceptors (Lipinski definition) is 3. The van der Waals surface area contributed by atoms with Gasteiger partial charge in [-0.15, -0.1) is 0 Å². The number of esters is 1. The fourth-order valence-electron chi connectivity index (χ4n) is 1.13. The maximum atomic E-state index is 13.2. The molecule has 3 nitrogen and oxygen atoms in total. The van der Waals surface area contributed by atoms with Gasteiger partial charge in [-0.2, -0.15) is 5.26 Å². The standard InChI is InChI=1S/C10H8FNO2/c1-14-10(13)9-7(5-6-12)3-2-4-8(9)11/h2-4H,5H2,1H3. The van der Waals surface area contributed by atoms with Gasteiger partial charge < -0.3 is 4.74 Å². The van der Waals surface area contributed by atoms with Gasteiger partial charge in [0.05, 0.1) is 25.2 Å². The van der Waals surface area contributed by atoms with E-state index in [2.05, 4.69) is 4.74 Å². The summed E-state index contributed by atoms with van der Waals surface area (Å²) in [7, 11) is 1.17. The third kappa shape index (κ3) is 1.88. The number of carbonyl (C=O) groups is 1. The summed E-state index contributed by atoms with van der Waals surface area (Å²) < 4.78 is 17.6. The van der Waals surface area contributed by atoms with Crippen LogP contribution in [0.5, 0.6) is 0 Å². The minimum Gasteiger partial charge on any atom is -0.465 e. The second-order valence-corrected chi connectivity index (χ2v) is 2.60. The number of benzene rings is 1. The number of methoxy groups -OCH3 is 1. The number of ether oxygens (including phenoxy) is 1. The molecule has 1 aromatic rings. The van der Waals surface area contributed by atoms with Crippen LogP contribution in [-0.4, -0.2) is 13.1 Å². The molecule has 0 N–H and O–H groups in total. The molecule has 1 rings (SSSR count). The molecule has 0 atom stereocenters. The van der Waals surface area contributed by atoms with E-state index in [1.165, 1.54) is 19.2 Å². The first kappa shape index (κ1) is 10.2. The Balaban J connectivity index is 3.23. The van der Waals surface area contributed by atoms with Crippen molar-refractivity contribution in [1.82, 2.24) is 0 Å². The van der Waals surface area contributed by atoms with Gasteiger partial charge in [0.25, 0.3) is 0 Å². The molecule has 1 aromatic carbocycles. The highest BCUT2D eigenvalue weighted by atomic mass is 19.1. The van der Waals surface area contributed by atoms with Crippen molar-refractivity contribution in [2.24, 2.45) is 0 Å². The Morgan fingerprint density at radius 3 is 2.93 bits per heavy atom. The number of halogens is 1. The van der Waals surface area contributed by atoms with Gasteiger partial charge in [0.15, 0.2) is 0 Å². The Hall–Kier alpha value is -1.89. The fourth-order valence-corrected chi connectivity index (χ4v) is 1.13. The SMILES string of the molecule is COC(=O)c1c(F)cccc1CC#N. The fraction of sp³-hybridized carbons (Fsp3) is 0.200. The third-order valence-corrected chi connectivity index (χ3v) is 1.76. The summed E-state index contributed by atoms with van der Waals surface area (Å²) in [4.78, 5) is 11.2. The van der Waals surface area contributed by atoms with Gasteiger partial charge in [0.1, 0.15) is 5.82 Å². The highest BCUT2D eigenvalue weighted by Crippen LogP contribution is 2.15. The zero-order valence-corrected chi connectivity index (χ0v) is 7.58. The zero-order chi connectivity index (χ0) is 10.6. The van der Waals surface area contributed by atoms with Crippen LogP contribution in [0.25, 0.3) is 0 Å². The lowest BCUT2D eigenvalue weighted by Crippen LogP contribution is -2.08. The van der Waals surface area contributed by atoms with Crippen molar-refractivity contribution in [3.63, 3.8) is 0 Å². The molecule has 0 spiro atoms.